The Hall–Kier alpha value is -2.33. The van der Waals surface area contributed by atoms with Crippen molar-refractivity contribution in [3.63, 3.8) is 0 Å². The summed E-state index contributed by atoms with van der Waals surface area (Å²) in [6.07, 6.45) is 0. The Morgan fingerprint density at radius 3 is 2.69 bits per heavy atom. The number of fused-ring (bicyclic) bond motifs is 1. The Labute approximate surface area is 170 Å². The Kier molecular flexibility index (Phi) is 5.91. The Morgan fingerprint density at radius 2 is 1.90 bits per heavy atom. The number of ether oxygens (including phenoxy) is 4. The number of rotatable bonds is 7. The van der Waals surface area contributed by atoms with Crippen LogP contribution in [0.25, 0.3) is 0 Å². The molecule has 2 aromatic carbocycles. The summed E-state index contributed by atoms with van der Waals surface area (Å²) in [7, 11) is -2.10. The number of benzene rings is 2. The van der Waals surface area contributed by atoms with Crippen molar-refractivity contribution in [2.45, 2.75) is 10.9 Å². The molecule has 1 saturated heterocycles. The maximum Gasteiger partial charge on any atom is 0.240 e. The van der Waals surface area contributed by atoms with Gasteiger partial charge >= 0.3 is 0 Å². The molecule has 8 nitrogen and oxygen atoms in total. The molecule has 0 spiro atoms. The van der Waals surface area contributed by atoms with Crippen molar-refractivity contribution < 1.29 is 27.4 Å². The van der Waals surface area contributed by atoms with E-state index in [2.05, 4.69) is 9.62 Å². The van der Waals surface area contributed by atoms with Crippen LogP contribution in [-0.2, 0) is 14.8 Å². The molecule has 0 unspecified atom stereocenters. The summed E-state index contributed by atoms with van der Waals surface area (Å²) < 4.78 is 49.9. The van der Waals surface area contributed by atoms with Gasteiger partial charge in [0.1, 0.15) is 5.75 Å². The van der Waals surface area contributed by atoms with E-state index < -0.39 is 10.0 Å². The Morgan fingerprint density at radius 1 is 1.10 bits per heavy atom. The van der Waals surface area contributed by atoms with Crippen LogP contribution in [0.15, 0.2) is 47.4 Å². The van der Waals surface area contributed by atoms with Crippen LogP contribution in [0.3, 0.4) is 0 Å². The highest BCUT2D eigenvalue weighted by molar-refractivity contribution is 7.89. The topological polar surface area (TPSA) is 86.3 Å². The third-order valence-electron chi connectivity index (χ3n) is 5.09. The lowest BCUT2D eigenvalue weighted by molar-refractivity contribution is 0.0171. The molecule has 0 saturated carbocycles. The lowest BCUT2D eigenvalue weighted by Gasteiger charge is -2.35. The number of methoxy groups -OCH3 is 1. The molecule has 0 aliphatic carbocycles. The summed E-state index contributed by atoms with van der Waals surface area (Å²) in [5, 5.41) is 0. The number of nitrogens with zero attached hydrogens (tertiary/aromatic N) is 1. The Balaban J connectivity index is 1.55. The van der Waals surface area contributed by atoms with Crippen LogP contribution in [0, 0.1) is 0 Å². The van der Waals surface area contributed by atoms with E-state index in [-0.39, 0.29) is 24.3 Å². The summed E-state index contributed by atoms with van der Waals surface area (Å²) >= 11 is 0. The minimum Gasteiger partial charge on any atom is -0.497 e. The van der Waals surface area contributed by atoms with E-state index in [1.54, 1.807) is 13.2 Å². The molecule has 156 valence electrons. The van der Waals surface area contributed by atoms with Crippen LogP contribution < -0.4 is 18.9 Å². The average Bonchev–Trinajstić information content (AvgIpc) is 3.23. The number of hydrogen-bond acceptors (Lipinski definition) is 7. The van der Waals surface area contributed by atoms with Gasteiger partial charge in [0.05, 0.1) is 25.2 Å². The van der Waals surface area contributed by atoms with Gasteiger partial charge in [-0.25, -0.2) is 13.1 Å². The highest BCUT2D eigenvalue weighted by Crippen LogP contribution is 2.34. The molecule has 4 rings (SSSR count). The first kappa shape index (κ1) is 20.0. The molecule has 9 heteroatoms. The van der Waals surface area contributed by atoms with Crippen molar-refractivity contribution in [3.8, 4) is 17.2 Å². The monoisotopic (exact) mass is 420 g/mol. The maximum atomic E-state index is 12.9. The minimum absolute atomic E-state index is 0.0984. The fourth-order valence-corrected chi connectivity index (χ4v) is 4.57. The molecular weight excluding hydrogens is 396 g/mol. The zero-order chi connectivity index (χ0) is 20.3. The summed E-state index contributed by atoms with van der Waals surface area (Å²) in [6.45, 7) is 3.02. The highest BCUT2D eigenvalue weighted by Gasteiger charge is 2.26. The van der Waals surface area contributed by atoms with Crippen LogP contribution in [-0.4, -0.2) is 60.1 Å². The summed E-state index contributed by atoms with van der Waals surface area (Å²) in [4.78, 5) is 2.37. The molecule has 0 bridgehead atoms. The standard InChI is InChI=1S/C20H24N2O6S/c1-25-16-4-2-3-15(11-16)18(22-7-9-26-10-8-22)13-21-29(23,24)17-5-6-19-20(12-17)28-14-27-19/h2-6,11-12,18,21H,7-10,13-14H2,1H3/t18-/m0/s1. The Bertz CT molecular complexity index is 959. The maximum absolute atomic E-state index is 12.9. The van der Waals surface area contributed by atoms with Crippen LogP contribution in [0.2, 0.25) is 0 Å². The number of hydrogen-bond donors (Lipinski definition) is 1. The van der Waals surface area contributed by atoms with Crippen molar-refractivity contribution in [2.24, 2.45) is 0 Å². The molecule has 1 atom stereocenters. The van der Waals surface area contributed by atoms with Crippen molar-refractivity contribution in [1.82, 2.24) is 9.62 Å². The summed E-state index contributed by atoms with van der Waals surface area (Å²) in [6, 6.07) is 12.2. The van der Waals surface area contributed by atoms with Crippen molar-refractivity contribution in [3.05, 3.63) is 48.0 Å². The number of morpholine rings is 1. The zero-order valence-corrected chi connectivity index (χ0v) is 17.0. The van der Waals surface area contributed by atoms with Crippen molar-refractivity contribution >= 4 is 10.0 Å². The largest absolute Gasteiger partial charge is 0.497 e. The second-order valence-electron chi connectivity index (χ2n) is 6.81. The lowest BCUT2D eigenvalue weighted by atomic mass is 10.0. The smallest absolute Gasteiger partial charge is 0.240 e. The molecule has 29 heavy (non-hydrogen) atoms. The minimum atomic E-state index is -3.71. The third kappa shape index (κ3) is 4.48. The predicted octanol–water partition coefficient (Wildman–Crippen LogP) is 1.78. The zero-order valence-electron chi connectivity index (χ0n) is 16.2. The SMILES string of the molecule is COc1cccc([C@H](CNS(=O)(=O)c2ccc3c(c2)OCO3)N2CCOCC2)c1. The number of nitrogens with one attached hydrogen (secondary N) is 1. The molecule has 1 N–H and O–H groups in total. The van der Waals surface area contributed by atoms with E-state index in [1.165, 1.54) is 12.1 Å². The van der Waals surface area contributed by atoms with E-state index >= 15 is 0 Å². The molecule has 2 aliphatic heterocycles. The van der Waals surface area contributed by atoms with Gasteiger partial charge < -0.3 is 18.9 Å². The van der Waals surface area contributed by atoms with Gasteiger partial charge in [-0.3, -0.25) is 4.90 Å². The molecule has 2 aromatic rings. The molecule has 0 amide bonds. The molecule has 0 radical (unpaired) electrons. The van der Waals surface area contributed by atoms with Gasteiger partial charge in [0, 0.05) is 31.7 Å². The summed E-state index contributed by atoms with van der Waals surface area (Å²) in [5.74, 6) is 1.72. The van der Waals surface area contributed by atoms with Crippen LogP contribution in [0.4, 0.5) is 0 Å². The van der Waals surface area contributed by atoms with E-state index in [0.29, 0.717) is 24.7 Å². The van der Waals surface area contributed by atoms with Gasteiger partial charge in [0.15, 0.2) is 11.5 Å². The molecule has 2 heterocycles. The van der Waals surface area contributed by atoms with E-state index in [0.717, 1.165) is 24.4 Å². The molecule has 0 aromatic heterocycles. The van der Waals surface area contributed by atoms with E-state index in [9.17, 15) is 8.42 Å². The van der Waals surface area contributed by atoms with Gasteiger partial charge in [-0.1, -0.05) is 12.1 Å². The second-order valence-corrected chi connectivity index (χ2v) is 8.57. The fraction of sp³-hybridized carbons (Fsp3) is 0.400. The molecule has 2 aliphatic rings. The van der Waals surface area contributed by atoms with Crippen LogP contribution >= 0.6 is 0 Å². The van der Waals surface area contributed by atoms with Gasteiger partial charge in [-0.15, -0.1) is 0 Å². The first-order valence-corrected chi connectivity index (χ1v) is 10.9. The normalized spacial score (nSPS) is 17.8. The van der Waals surface area contributed by atoms with Crippen molar-refractivity contribution in [2.75, 3.05) is 46.8 Å². The van der Waals surface area contributed by atoms with E-state index in [1.807, 2.05) is 24.3 Å². The first-order chi connectivity index (χ1) is 14.1. The summed E-state index contributed by atoms with van der Waals surface area (Å²) in [5.41, 5.74) is 0.986. The highest BCUT2D eigenvalue weighted by atomic mass is 32.2. The second kappa shape index (κ2) is 8.58. The van der Waals surface area contributed by atoms with Gasteiger partial charge in [-0.2, -0.15) is 0 Å². The van der Waals surface area contributed by atoms with Crippen molar-refractivity contribution in [1.29, 1.82) is 0 Å². The van der Waals surface area contributed by atoms with Gasteiger partial charge in [0.25, 0.3) is 0 Å². The quantitative estimate of drug-likeness (QED) is 0.731. The average molecular weight is 420 g/mol. The predicted molar refractivity (Wildman–Crippen MR) is 106 cm³/mol. The van der Waals surface area contributed by atoms with Gasteiger partial charge in [0.2, 0.25) is 16.8 Å². The fourth-order valence-electron chi connectivity index (χ4n) is 3.51. The van der Waals surface area contributed by atoms with E-state index in [4.69, 9.17) is 18.9 Å². The van der Waals surface area contributed by atoms with Crippen LogP contribution in [0.5, 0.6) is 17.2 Å². The number of sulfonamides is 1. The first-order valence-electron chi connectivity index (χ1n) is 9.42. The molecular formula is C20H24N2O6S. The molecule has 1 fully saturated rings. The third-order valence-corrected chi connectivity index (χ3v) is 6.51. The van der Waals surface area contributed by atoms with Gasteiger partial charge in [-0.05, 0) is 29.8 Å². The lowest BCUT2D eigenvalue weighted by Crippen LogP contribution is -2.43. The van der Waals surface area contributed by atoms with Crippen LogP contribution in [0.1, 0.15) is 11.6 Å².